The summed E-state index contributed by atoms with van der Waals surface area (Å²) in [6.45, 7) is 5.54. The first kappa shape index (κ1) is 17.2. The van der Waals surface area contributed by atoms with Crippen LogP contribution < -0.4 is 10.1 Å². The average Bonchev–Trinajstić information content (AvgIpc) is 3.20. The first-order valence-corrected chi connectivity index (χ1v) is 8.57. The molecule has 2 heterocycles. The largest absolute Gasteiger partial charge is 0.487 e. The Labute approximate surface area is 148 Å². The summed E-state index contributed by atoms with van der Waals surface area (Å²) in [4.78, 5) is 4.30. The summed E-state index contributed by atoms with van der Waals surface area (Å²) in [6.07, 6.45) is 5.58. The fourth-order valence-corrected chi connectivity index (χ4v) is 2.62. The van der Waals surface area contributed by atoms with Crippen LogP contribution in [0.2, 0.25) is 0 Å². The van der Waals surface area contributed by atoms with Crippen molar-refractivity contribution >= 4 is 0 Å². The molecular weight excluding hydrogens is 312 g/mol. The summed E-state index contributed by atoms with van der Waals surface area (Å²) in [5.74, 6) is 0.889. The van der Waals surface area contributed by atoms with Gasteiger partial charge in [0.1, 0.15) is 12.4 Å². The summed E-state index contributed by atoms with van der Waals surface area (Å²) in [5, 5.41) is 7.89. The van der Waals surface area contributed by atoms with Crippen molar-refractivity contribution < 1.29 is 4.74 Å². The molecule has 0 aliphatic heterocycles. The minimum Gasteiger partial charge on any atom is -0.487 e. The topological polar surface area (TPSA) is 52.0 Å². The number of hydrogen-bond donors (Lipinski definition) is 1. The average molecular weight is 336 g/mol. The van der Waals surface area contributed by atoms with E-state index >= 15 is 0 Å². The number of para-hydroxylation sites is 1. The molecule has 0 bridgehead atoms. The van der Waals surface area contributed by atoms with Crippen LogP contribution in [0.4, 0.5) is 0 Å². The lowest BCUT2D eigenvalue weighted by molar-refractivity contribution is 0.295. The van der Waals surface area contributed by atoms with E-state index in [-0.39, 0.29) is 12.1 Å². The highest BCUT2D eigenvalue weighted by Crippen LogP contribution is 2.20. The Morgan fingerprint density at radius 2 is 1.88 bits per heavy atom. The van der Waals surface area contributed by atoms with Crippen molar-refractivity contribution in [3.63, 3.8) is 0 Å². The lowest BCUT2D eigenvalue weighted by atomic mass is 10.1. The second-order valence-corrected chi connectivity index (χ2v) is 6.11. The molecule has 130 valence electrons. The summed E-state index contributed by atoms with van der Waals surface area (Å²) in [7, 11) is 0. The van der Waals surface area contributed by atoms with E-state index in [2.05, 4.69) is 35.3 Å². The zero-order chi connectivity index (χ0) is 17.5. The lowest BCUT2D eigenvalue weighted by Gasteiger charge is -2.22. The van der Waals surface area contributed by atoms with E-state index < -0.39 is 0 Å². The molecule has 5 heteroatoms. The van der Waals surface area contributed by atoms with Crippen LogP contribution in [0.3, 0.4) is 0 Å². The van der Waals surface area contributed by atoms with Crippen molar-refractivity contribution in [3.8, 4) is 5.75 Å². The minimum atomic E-state index is 0.275. The van der Waals surface area contributed by atoms with Gasteiger partial charge in [-0.15, -0.1) is 0 Å². The van der Waals surface area contributed by atoms with Gasteiger partial charge in [-0.3, -0.25) is 9.67 Å². The minimum absolute atomic E-state index is 0.275. The molecule has 0 aliphatic rings. The maximum atomic E-state index is 5.97. The second-order valence-electron chi connectivity index (χ2n) is 6.11. The lowest BCUT2D eigenvalue weighted by Crippen LogP contribution is -2.33. The standard InChI is InChI=1S/C20H24N4O/c1-16(17(2)24-13-7-12-23-24)22-14-18-8-3-4-10-20(18)25-15-19-9-5-6-11-21-19/h3-13,16-17,22H,14-15H2,1-2H3. The van der Waals surface area contributed by atoms with E-state index in [9.17, 15) is 0 Å². The smallest absolute Gasteiger partial charge is 0.130 e. The van der Waals surface area contributed by atoms with Gasteiger partial charge in [-0.05, 0) is 38.1 Å². The molecule has 0 amide bonds. The van der Waals surface area contributed by atoms with Crippen molar-refractivity contribution in [2.75, 3.05) is 0 Å². The van der Waals surface area contributed by atoms with Crippen LogP contribution >= 0.6 is 0 Å². The molecular formula is C20H24N4O. The molecule has 0 saturated carbocycles. The van der Waals surface area contributed by atoms with Gasteiger partial charge in [0.2, 0.25) is 0 Å². The third kappa shape index (κ3) is 4.67. The molecule has 0 aliphatic carbocycles. The zero-order valence-corrected chi connectivity index (χ0v) is 14.7. The van der Waals surface area contributed by atoms with Gasteiger partial charge >= 0.3 is 0 Å². The fourth-order valence-electron chi connectivity index (χ4n) is 2.62. The Bertz CT molecular complexity index is 758. The quantitative estimate of drug-likeness (QED) is 0.683. The van der Waals surface area contributed by atoms with Crippen LogP contribution in [0.1, 0.15) is 31.1 Å². The highest BCUT2D eigenvalue weighted by molar-refractivity contribution is 5.33. The van der Waals surface area contributed by atoms with Crippen LogP contribution in [0.25, 0.3) is 0 Å². The van der Waals surface area contributed by atoms with Gasteiger partial charge in [-0.1, -0.05) is 24.3 Å². The van der Waals surface area contributed by atoms with Gasteiger partial charge in [0.15, 0.2) is 0 Å². The summed E-state index contributed by atoms with van der Waals surface area (Å²) in [6, 6.07) is 16.5. The molecule has 0 saturated heterocycles. The van der Waals surface area contributed by atoms with Gasteiger partial charge in [-0.25, -0.2) is 0 Å². The third-order valence-corrected chi connectivity index (χ3v) is 4.35. The molecule has 1 N–H and O–H groups in total. The van der Waals surface area contributed by atoms with Gasteiger partial charge in [0.25, 0.3) is 0 Å². The molecule has 0 radical (unpaired) electrons. The Hall–Kier alpha value is -2.66. The SMILES string of the molecule is CC(NCc1ccccc1OCc1ccccn1)C(C)n1cccn1. The molecule has 5 nitrogen and oxygen atoms in total. The molecule has 3 aromatic rings. The highest BCUT2D eigenvalue weighted by Gasteiger charge is 2.14. The van der Waals surface area contributed by atoms with Crippen molar-refractivity contribution in [1.82, 2.24) is 20.1 Å². The third-order valence-electron chi connectivity index (χ3n) is 4.35. The van der Waals surface area contributed by atoms with Crippen LogP contribution in [0, 0.1) is 0 Å². The van der Waals surface area contributed by atoms with Crippen molar-refractivity contribution in [3.05, 3.63) is 78.4 Å². The number of pyridine rings is 1. The molecule has 2 atom stereocenters. The van der Waals surface area contributed by atoms with Crippen LogP contribution in [-0.2, 0) is 13.2 Å². The van der Waals surface area contributed by atoms with Crippen molar-refractivity contribution in [2.24, 2.45) is 0 Å². The first-order valence-electron chi connectivity index (χ1n) is 8.57. The number of ether oxygens (including phenoxy) is 1. The number of benzene rings is 1. The van der Waals surface area contributed by atoms with Crippen LogP contribution in [-0.4, -0.2) is 20.8 Å². The summed E-state index contributed by atoms with van der Waals surface area (Å²) < 4.78 is 7.94. The van der Waals surface area contributed by atoms with E-state index in [1.165, 1.54) is 0 Å². The number of aromatic nitrogens is 3. The maximum absolute atomic E-state index is 5.97. The molecule has 2 aromatic heterocycles. The Kier molecular flexibility index (Phi) is 5.80. The van der Waals surface area contributed by atoms with Crippen molar-refractivity contribution in [1.29, 1.82) is 0 Å². The first-order chi connectivity index (χ1) is 12.2. The molecule has 0 spiro atoms. The fraction of sp³-hybridized carbons (Fsp3) is 0.300. The Balaban J connectivity index is 1.59. The molecule has 0 fully saturated rings. The normalized spacial score (nSPS) is 13.4. The predicted octanol–water partition coefficient (Wildman–Crippen LogP) is 3.60. The van der Waals surface area contributed by atoms with Crippen LogP contribution in [0.15, 0.2) is 67.1 Å². The van der Waals surface area contributed by atoms with Gasteiger partial charge < -0.3 is 10.1 Å². The van der Waals surface area contributed by atoms with E-state index in [4.69, 9.17) is 4.74 Å². The van der Waals surface area contributed by atoms with Gasteiger partial charge in [0.05, 0.1) is 11.7 Å². The van der Waals surface area contributed by atoms with E-state index in [0.29, 0.717) is 6.61 Å². The number of nitrogens with zero attached hydrogens (tertiary/aromatic N) is 3. The Morgan fingerprint density at radius 1 is 1.04 bits per heavy atom. The van der Waals surface area contributed by atoms with E-state index in [0.717, 1.165) is 23.6 Å². The number of rotatable bonds is 8. The van der Waals surface area contributed by atoms with Gasteiger partial charge in [-0.2, -0.15) is 5.10 Å². The molecule has 3 rings (SSSR count). The molecule has 25 heavy (non-hydrogen) atoms. The summed E-state index contributed by atoms with van der Waals surface area (Å²) >= 11 is 0. The van der Waals surface area contributed by atoms with Crippen molar-refractivity contribution in [2.45, 2.75) is 39.1 Å². The molecule has 1 aromatic carbocycles. The number of hydrogen-bond acceptors (Lipinski definition) is 4. The summed E-state index contributed by atoms with van der Waals surface area (Å²) in [5.41, 5.74) is 2.06. The predicted molar refractivity (Wildman–Crippen MR) is 98.3 cm³/mol. The monoisotopic (exact) mass is 336 g/mol. The maximum Gasteiger partial charge on any atom is 0.130 e. The zero-order valence-electron chi connectivity index (χ0n) is 14.7. The van der Waals surface area contributed by atoms with Crippen LogP contribution in [0.5, 0.6) is 5.75 Å². The van der Waals surface area contributed by atoms with Gasteiger partial charge in [0, 0.05) is 36.7 Å². The number of nitrogens with one attached hydrogen (secondary N) is 1. The molecule has 2 unspecified atom stereocenters. The second kappa shape index (κ2) is 8.44. The van der Waals surface area contributed by atoms with E-state index in [1.54, 1.807) is 6.20 Å². The van der Waals surface area contributed by atoms with E-state index in [1.807, 2.05) is 59.5 Å². The Morgan fingerprint density at radius 3 is 2.64 bits per heavy atom. The highest BCUT2D eigenvalue weighted by atomic mass is 16.5.